The van der Waals surface area contributed by atoms with E-state index in [0.29, 0.717) is 6.42 Å². The molecule has 0 aromatic rings. The molecule has 0 aliphatic heterocycles. The minimum absolute atomic E-state index is 0.173. The Balaban J connectivity index is 3.84. The molecule has 0 bridgehead atoms. The van der Waals surface area contributed by atoms with Crippen molar-refractivity contribution in [2.45, 2.75) is 52.7 Å². The first-order valence-electron chi connectivity index (χ1n) is 5.00. The fourth-order valence-corrected chi connectivity index (χ4v) is 1.17. The molecule has 0 aromatic carbocycles. The van der Waals surface area contributed by atoms with Crippen molar-refractivity contribution in [2.24, 2.45) is 0 Å². The number of esters is 1. The van der Waals surface area contributed by atoms with Crippen LogP contribution in [0.2, 0.25) is 0 Å². The molecular formula is C10H19NO3. The fraction of sp³-hybridized carbons (Fsp3) is 0.800. The third-order valence-electron chi connectivity index (χ3n) is 1.74. The summed E-state index contributed by atoms with van der Waals surface area (Å²) >= 11 is 0. The lowest BCUT2D eigenvalue weighted by Gasteiger charge is -2.17. The predicted octanol–water partition coefficient (Wildman–Crippen LogP) is 1.59. The lowest BCUT2D eigenvalue weighted by Crippen LogP contribution is -2.36. The molecular weight excluding hydrogens is 182 g/mol. The van der Waals surface area contributed by atoms with Crippen LogP contribution in [0.3, 0.4) is 0 Å². The lowest BCUT2D eigenvalue weighted by molar-refractivity contribution is -0.149. The van der Waals surface area contributed by atoms with Crippen LogP contribution in [0.15, 0.2) is 0 Å². The van der Waals surface area contributed by atoms with E-state index in [-0.39, 0.29) is 11.9 Å². The second kappa shape index (κ2) is 7.35. The molecule has 14 heavy (non-hydrogen) atoms. The smallest absolute Gasteiger partial charge is 0.304 e. The number of amides is 1. The van der Waals surface area contributed by atoms with Crippen LogP contribution in [0.4, 0.5) is 0 Å². The minimum Gasteiger partial charge on any atom is -0.442 e. The molecule has 0 aliphatic rings. The monoisotopic (exact) mass is 201 g/mol. The molecule has 0 radical (unpaired) electrons. The van der Waals surface area contributed by atoms with E-state index in [1.54, 1.807) is 0 Å². The summed E-state index contributed by atoms with van der Waals surface area (Å²) in [5, 5.41) is 2.59. The fourth-order valence-electron chi connectivity index (χ4n) is 1.17. The molecule has 0 spiro atoms. The summed E-state index contributed by atoms with van der Waals surface area (Å²) in [4.78, 5) is 21.5. The molecule has 0 rings (SSSR count). The van der Waals surface area contributed by atoms with Crippen LogP contribution in [0.25, 0.3) is 0 Å². The Labute approximate surface area is 85.0 Å². The molecule has 0 saturated carbocycles. The van der Waals surface area contributed by atoms with Crippen molar-refractivity contribution in [1.82, 2.24) is 5.32 Å². The summed E-state index contributed by atoms with van der Waals surface area (Å²) in [5.74, 6) is -0.534. The average Bonchev–Trinajstić information content (AvgIpc) is 2.02. The van der Waals surface area contributed by atoms with Crippen LogP contribution in [0.5, 0.6) is 0 Å². The number of ether oxygens (including phenoxy) is 1. The van der Waals surface area contributed by atoms with Crippen molar-refractivity contribution in [3.63, 3.8) is 0 Å². The van der Waals surface area contributed by atoms with Gasteiger partial charge >= 0.3 is 5.97 Å². The third-order valence-corrected chi connectivity index (χ3v) is 1.74. The van der Waals surface area contributed by atoms with Gasteiger partial charge in [-0.2, -0.15) is 0 Å². The molecule has 1 unspecified atom stereocenters. The van der Waals surface area contributed by atoms with Gasteiger partial charge in [0.1, 0.15) is 0 Å². The van der Waals surface area contributed by atoms with Crippen LogP contribution >= 0.6 is 0 Å². The predicted molar refractivity (Wildman–Crippen MR) is 53.5 cm³/mol. The maximum absolute atomic E-state index is 10.8. The van der Waals surface area contributed by atoms with Crippen molar-refractivity contribution in [3.05, 3.63) is 0 Å². The summed E-state index contributed by atoms with van der Waals surface area (Å²) in [6.07, 6.45) is 3.36. The zero-order valence-corrected chi connectivity index (χ0v) is 9.13. The van der Waals surface area contributed by atoms with E-state index in [9.17, 15) is 9.59 Å². The van der Waals surface area contributed by atoms with Gasteiger partial charge in [0, 0.05) is 20.3 Å². The second-order valence-corrected chi connectivity index (χ2v) is 3.29. The van der Waals surface area contributed by atoms with E-state index in [0.717, 1.165) is 19.3 Å². The van der Waals surface area contributed by atoms with Gasteiger partial charge < -0.3 is 10.1 Å². The molecule has 0 aromatic heterocycles. The summed E-state index contributed by atoms with van der Waals surface area (Å²) in [5.41, 5.74) is 0. The van der Waals surface area contributed by atoms with Crippen molar-refractivity contribution in [3.8, 4) is 0 Å². The molecule has 1 atom stereocenters. The van der Waals surface area contributed by atoms with Crippen LogP contribution in [-0.4, -0.2) is 18.1 Å². The number of hydrogen-bond acceptors (Lipinski definition) is 3. The normalized spacial score (nSPS) is 11.9. The van der Waals surface area contributed by atoms with Gasteiger partial charge in [0.25, 0.3) is 0 Å². The number of rotatable bonds is 6. The maximum Gasteiger partial charge on any atom is 0.304 e. The first kappa shape index (κ1) is 12.9. The highest BCUT2D eigenvalue weighted by Gasteiger charge is 2.11. The topological polar surface area (TPSA) is 55.4 Å². The van der Waals surface area contributed by atoms with Gasteiger partial charge in [0.05, 0.1) is 0 Å². The Morgan fingerprint density at radius 2 is 1.93 bits per heavy atom. The van der Waals surface area contributed by atoms with Crippen molar-refractivity contribution >= 4 is 11.9 Å². The van der Waals surface area contributed by atoms with Gasteiger partial charge in [-0.05, 0) is 6.42 Å². The van der Waals surface area contributed by atoms with Crippen LogP contribution in [-0.2, 0) is 14.3 Å². The standard InChI is InChI=1S/C10H19NO3/c1-4-5-6-7-10(11-8(2)12)14-9(3)13/h10H,4-7H2,1-3H3,(H,11,12). The van der Waals surface area contributed by atoms with Crippen LogP contribution in [0, 0.1) is 0 Å². The molecule has 0 fully saturated rings. The summed E-state index contributed by atoms with van der Waals surface area (Å²) < 4.78 is 4.94. The van der Waals surface area contributed by atoms with E-state index >= 15 is 0 Å². The number of carbonyl (C=O) groups is 2. The summed E-state index contributed by atoms with van der Waals surface area (Å²) in [6, 6.07) is 0. The van der Waals surface area contributed by atoms with Crippen molar-refractivity contribution in [2.75, 3.05) is 0 Å². The Morgan fingerprint density at radius 1 is 1.29 bits per heavy atom. The molecule has 1 N–H and O–H groups in total. The number of hydrogen-bond donors (Lipinski definition) is 1. The largest absolute Gasteiger partial charge is 0.442 e. The van der Waals surface area contributed by atoms with E-state index in [1.165, 1.54) is 13.8 Å². The van der Waals surface area contributed by atoms with Gasteiger partial charge in [0.15, 0.2) is 6.23 Å². The highest BCUT2D eigenvalue weighted by molar-refractivity contribution is 5.73. The van der Waals surface area contributed by atoms with Crippen molar-refractivity contribution in [1.29, 1.82) is 0 Å². The minimum atomic E-state index is -0.462. The molecule has 0 heterocycles. The van der Waals surface area contributed by atoms with Gasteiger partial charge in [0.2, 0.25) is 5.91 Å². The van der Waals surface area contributed by atoms with E-state index in [1.807, 2.05) is 0 Å². The number of unbranched alkanes of at least 4 members (excludes halogenated alkanes) is 2. The van der Waals surface area contributed by atoms with Crippen molar-refractivity contribution < 1.29 is 14.3 Å². The highest BCUT2D eigenvalue weighted by Crippen LogP contribution is 2.04. The zero-order valence-electron chi connectivity index (χ0n) is 9.13. The molecule has 0 saturated heterocycles. The summed E-state index contributed by atoms with van der Waals surface area (Å²) in [7, 11) is 0. The van der Waals surface area contributed by atoms with E-state index in [4.69, 9.17) is 4.74 Å². The van der Waals surface area contributed by atoms with Gasteiger partial charge in [-0.25, -0.2) is 0 Å². The Kier molecular flexibility index (Phi) is 6.80. The van der Waals surface area contributed by atoms with E-state index < -0.39 is 6.23 Å². The van der Waals surface area contributed by atoms with E-state index in [2.05, 4.69) is 12.2 Å². The molecule has 1 amide bonds. The highest BCUT2D eigenvalue weighted by atomic mass is 16.6. The van der Waals surface area contributed by atoms with Crippen LogP contribution < -0.4 is 5.32 Å². The number of nitrogens with one attached hydrogen (secondary N) is 1. The van der Waals surface area contributed by atoms with Gasteiger partial charge in [-0.15, -0.1) is 0 Å². The molecule has 4 heteroatoms. The quantitative estimate of drug-likeness (QED) is 0.403. The van der Waals surface area contributed by atoms with Gasteiger partial charge in [-0.3, -0.25) is 9.59 Å². The second-order valence-electron chi connectivity index (χ2n) is 3.29. The maximum atomic E-state index is 10.8. The number of carbonyl (C=O) groups excluding carboxylic acids is 2. The first-order chi connectivity index (χ1) is 6.56. The zero-order chi connectivity index (χ0) is 11.0. The third kappa shape index (κ3) is 7.58. The molecule has 82 valence electrons. The Bertz CT molecular complexity index is 176. The van der Waals surface area contributed by atoms with Crippen LogP contribution in [0.1, 0.15) is 46.5 Å². The lowest BCUT2D eigenvalue weighted by atomic mass is 10.2. The molecule has 4 nitrogen and oxygen atoms in total. The molecule has 0 aliphatic carbocycles. The van der Waals surface area contributed by atoms with Gasteiger partial charge in [-0.1, -0.05) is 19.8 Å². The Hall–Kier alpha value is -1.06. The summed E-state index contributed by atoms with van der Waals surface area (Å²) in [6.45, 7) is 4.85. The SMILES string of the molecule is CCCCCC(NC(C)=O)OC(C)=O. The Morgan fingerprint density at radius 3 is 2.36 bits per heavy atom. The average molecular weight is 201 g/mol. The first-order valence-corrected chi connectivity index (χ1v) is 5.00.